The topological polar surface area (TPSA) is 69.0 Å². The zero-order valence-corrected chi connectivity index (χ0v) is 20.8. The number of carbonyl (C=O) groups is 1. The highest BCUT2D eigenvalue weighted by Crippen LogP contribution is 2.33. The van der Waals surface area contributed by atoms with Crippen molar-refractivity contribution in [3.63, 3.8) is 0 Å². The van der Waals surface area contributed by atoms with Crippen molar-refractivity contribution in [1.29, 1.82) is 0 Å². The molecule has 1 unspecified atom stereocenters. The number of nitrogens with one attached hydrogen (secondary N) is 1. The number of aromatic nitrogens is 3. The van der Waals surface area contributed by atoms with Crippen LogP contribution in [0, 0.1) is 5.92 Å². The monoisotopic (exact) mass is 492 g/mol. The van der Waals surface area contributed by atoms with Crippen LogP contribution in [-0.2, 0) is 17.9 Å². The predicted molar refractivity (Wildman–Crippen MR) is 130 cm³/mol. The molecule has 1 atom stereocenters. The standard InChI is InChI=1S/C23H26Cl2N4O2S/c1-14(2)13-29-21(19-10-7-17(24)11-20(19)25)27-28-23(29)32-15(3)22(30)26-12-16-5-8-18(31-4)9-6-16/h5-11,14-15H,12-13H2,1-4H3,(H,26,30). The van der Waals surface area contributed by atoms with Crippen molar-refractivity contribution in [2.75, 3.05) is 7.11 Å². The van der Waals surface area contributed by atoms with Gasteiger partial charge in [0.1, 0.15) is 5.75 Å². The molecule has 0 aliphatic carbocycles. The molecule has 32 heavy (non-hydrogen) atoms. The number of methoxy groups -OCH3 is 1. The summed E-state index contributed by atoms with van der Waals surface area (Å²) >= 11 is 13.8. The summed E-state index contributed by atoms with van der Waals surface area (Å²) in [4.78, 5) is 12.7. The van der Waals surface area contributed by atoms with Gasteiger partial charge in [-0.15, -0.1) is 10.2 Å². The van der Waals surface area contributed by atoms with E-state index < -0.39 is 0 Å². The lowest BCUT2D eigenvalue weighted by atomic mass is 10.2. The lowest BCUT2D eigenvalue weighted by Gasteiger charge is -2.16. The van der Waals surface area contributed by atoms with Crippen LogP contribution in [0.15, 0.2) is 47.6 Å². The maximum atomic E-state index is 12.7. The lowest BCUT2D eigenvalue weighted by molar-refractivity contribution is -0.120. The average molecular weight is 493 g/mol. The molecule has 1 heterocycles. The number of carbonyl (C=O) groups excluding carboxylic acids is 1. The third-order valence-electron chi connectivity index (χ3n) is 4.71. The van der Waals surface area contributed by atoms with Gasteiger partial charge >= 0.3 is 0 Å². The smallest absolute Gasteiger partial charge is 0.233 e. The molecular formula is C23H26Cl2N4O2S. The predicted octanol–water partition coefficient (Wildman–Crippen LogP) is 5.71. The zero-order chi connectivity index (χ0) is 23.3. The van der Waals surface area contributed by atoms with Crippen LogP contribution in [0.5, 0.6) is 5.75 Å². The number of ether oxygens (including phenoxy) is 1. The average Bonchev–Trinajstić information content (AvgIpc) is 3.13. The molecule has 6 nitrogen and oxygen atoms in total. The van der Waals surface area contributed by atoms with Crippen LogP contribution in [0.25, 0.3) is 11.4 Å². The minimum absolute atomic E-state index is 0.0732. The Morgan fingerprint density at radius 3 is 2.47 bits per heavy atom. The zero-order valence-electron chi connectivity index (χ0n) is 18.4. The van der Waals surface area contributed by atoms with Gasteiger partial charge in [-0.05, 0) is 48.7 Å². The largest absolute Gasteiger partial charge is 0.497 e. The van der Waals surface area contributed by atoms with Gasteiger partial charge < -0.3 is 14.6 Å². The first-order chi connectivity index (χ1) is 15.3. The number of thioether (sulfide) groups is 1. The van der Waals surface area contributed by atoms with Crippen LogP contribution in [0.4, 0.5) is 0 Å². The van der Waals surface area contributed by atoms with E-state index in [2.05, 4.69) is 29.4 Å². The van der Waals surface area contributed by atoms with Crippen LogP contribution in [-0.4, -0.2) is 33.0 Å². The van der Waals surface area contributed by atoms with Crippen molar-refractivity contribution in [1.82, 2.24) is 20.1 Å². The van der Waals surface area contributed by atoms with Crippen molar-refractivity contribution < 1.29 is 9.53 Å². The Morgan fingerprint density at radius 2 is 1.84 bits per heavy atom. The SMILES string of the molecule is COc1ccc(CNC(=O)C(C)Sc2nnc(-c3ccc(Cl)cc3Cl)n2CC(C)C)cc1. The Hall–Kier alpha value is -2.22. The summed E-state index contributed by atoms with van der Waals surface area (Å²) in [6, 6.07) is 12.9. The van der Waals surface area contributed by atoms with Crippen molar-refractivity contribution >= 4 is 40.9 Å². The summed E-state index contributed by atoms with van der Waals surface area (Å²) in [6.07, 6.45) is 0. The van der Waals surface area contributed by atoms with Gasteiger partial charge in [0, 0.05) is 23.7 Å². The minimum Gasteiger partial charge on any atom is -0.497 e. The third kappa shape index (κ3) is 6.18. The van der Waals surface area contributed by atoms with E-state index in [9.17, 15) is 4.79 Å². The summed E-state index contributed by atoms with van der Waals surface area (Å²) < 4.78 is 7.18. The van der Waals surface area contributed by atoms with Gasteiger partial charge in [0.2, 0.25) is 5.91 Å². The van der Waals surface area contributed by atoms with E-state index in [1.54, 1.807) is 19.2 Å². The van der Waals surface area contributed by atoms with Crippen LogP contribution in [0.3, 0.4) is 0 Å². The second-order valence-electron chi connectivity index (χ2n) is 7.76. The highest BCUT2D eigenvalue weighted by atomic mass is 35.5. The molecule has 0 aliphatic rings. The molecule has 0 spiro atoms. The molecule has 9 heteroatoms. The van der Waals surface area contributed by atoms with Gasteiger partial charge in [-0.25, -0.2) is 0 Å². The third-order valence-corrected chi connectivity index (χ3v) is 6.34. The second kappa shape index (κ2) is 11.1. The quantitative estimate of drug-likeness (QED) is 0.387. The van der Waals surface area contributed by atoms with E-state index in [0.29, 0.717) is 40.0 Å². The molecular weight excluding hydrogens is 467 g/mol. The maximum absolute atomic E-state index is 12.7. The van der Waals surface area contributed by atoms with Crippen LogP contribution in [0.2, 0.25) is 10.0 Å². The molecule has 0 aliphatic heterocycles. The number of hydrogen-bond acceptors (Lipinski definition) is 5. The Balaban J connectivity index is 1.73. The highest BCUT2D eigenvalue weighted by molar-refractivity contribution is 8.00. The van der Waals surface area contributed by atoms with Crippen molar-refractivity contribution in [3.05, 3.63) is 58.1 Å². The molecule has 2 aromatic carbocycles. The summed E-state index contributed by atoms with van der Waals surface area (Å²) in [6.45, 7) is 7.23. The Bertz CT molecular complexity index is 1070. The van der Waals surface area contributed by atoms with E-state index in [1.165, 1.54) is 11.8 Å². The number of hydrogen-bond donors (Lipinski definition) is 1. The fourth-order valence-electron chi connectivity index (χ4n) is 3.06. The van der Waals surface area contributed by atoms with Gasteiger partial charge in [0.25, 0.3) is 0 Å². The van der Waals surface area contributed by atoms with E-state index in [0.717, 1.165) is 16.9 Å². The van der Waals surface area contributed by atoms with E-state index in [4.69, 9.17) is 27.9 Å². The molecule has 0 saturated carbocycles. The van der Waals surface area contributed by atoms with Crippen molar-refractivity contribution in [2.45, 2.75) is 44.3 Å². The first-order valence-electron chi connectivity index (χ1n) is 10.2. The molecule has 3 rings (SSSR count). The number of rotatable bonds is 9. The molecule has 3 aromatic rings. The lowest BCUT2D eigenvalue weighted by Crippen LogP contribution is -2.30. The normalized spacial score (nSPS) is 12.1. The van der Waals surface area contributed by atoms with Gasteiger partial charge in [-0.2, -0.15) is 0 Å². The molecule has 0 saturated heterocycles. The summed E-state index contributed by atoms with van der Waals surface area (Å²) in [5, 5.41) is 13.1. The molecule has 1 amide bonds. The van der Waals surface area contributed by atoms with Gasteiger partial charge in [-0.3, -0.25) is 4.79 Å². The summed E-state index contributed by atoms with van der Waals surface area (Å²) in [5.41, 5.74) is 1.76. The van der Waals surface area contributed by atoms with Crippen LogP contribution >= 0.6 is 35.0 Å². The molecule has 1 aromatic heterocycles. The Labute approximate surface area is 202 Å². The maximum Gasteiger partial charge on any atom is 0.233 e. The van der Waals surface area contributed by atoms with Gasteiger partial charge in [0.15, 0.2) is 11.0 Å². The first-order valence-corrected chi connectivity index (χ1v) is 11.9. The summed E-state index contributed by atoms with van der Waals surface area (Å²) in [5.74, 6) is 1.73. The van der Waals surface area contributed by atoms with Crippen LogP contribution in [0.1, 0.15) is 26.3 Å². The van der Waals surface area contributed by atoms with Gasteiger partial charge in [-0.1, -0.05) is 60.9 Å². The van der Waals surface area contributed by atoms with Crippen molar-refractivity contribution in [2.24, 2.45) is 5.92 Å². The highest BCUT2D eigenvalue weighted by Gasteiger charge is 2.22. The molecule has 170 valence electrons. The van der Waals surface area contributed by atoms with Crippen LogP contribution < -0.4 is 10.1 Å². The van der Waals surface area contributed by atoms with E-state index in [1.807, 2.05) is 41.8 Å². The molecule has 0 radical (unpaired) electrons. The molecule has 1 N–H and O–H groups in total. The second-order valence-corrected chi connectivity index (χ2v) is 9.91. The van der Waals surface area contributed by atoms with E-state index >= 15 is 0 Å². The van der Waals surface area contributed by atoms with E-state index in [-0.39, 0.29) is 11.2 Å². The van der Waals surface area contributed by atoms with Crippen molar-refractivity contribution in [3.8, 4) is 17.1 Å². The Morgan fingerprint density at radius 1 is 1.12 bits per heavy atom. The first kappa shape index (κ1) is 24.4. The number of halogens is 2. The summed E-state index contributed by atoms with van der Waals surface area (Å²) in [7, 11) is 1.63. The fourth-order valence-corrected chi connectivity index (χ4v) is 4.44. The number of benzene rings is 2. The molecule has 0 bridgehead atoms. The van der Waals surface area contributed by atoms with Gasteiger partial charge in [0.05, 0.1) is 17.4 Å². The Kier molecular flexibility index (Phi) is 8.45. The number of nitrogens with zero attached hydrogens (tertiary/aromatic N) is 3. The minimum atomic E-state index is -0.350. The fraction of sp³-hybridized carbons (Fsp3) is 0.348. The molecule has 0 fully saturated rings. The number of amides is 1.